The summed E-state index contributed by atoms with van der Waals surface area (Å²) in [5.74, 6) is 1.70. The minimum atomic E-state index is -4.49. The summed E-state index contributed by atoms with van der Waals surface area (Å²) in [6.07, 6.45) is 2.15. The van der Waals surface area contributed by atoms with E-state index in [4.69, 9.17) is 18.0 Å². The average molecular weight is 204 g/mol. The molecule has 1 aromatic rings. The molecule has 13 heavy (non-hydrogen) atoms. The van der Waals surface area contributed by atoms with E-state index in [0.29, 0.717) is 0 Å². The number of alkyl halides is 3. The number of hydrogen-bond donors (Lipinski definition) is 0. The average Bonchev–Trinajstić information content (AvgIpc) is 2.03. The SMILES string of the molecule is [C]#Cc1ccc(Cl)cc1C(F)(F)F. The second kappa shape index (κ2) is 3.31. The van der Waals surface area contributed by atoms with Crippen molar-refractivity contribution in [1.29, 1.82) is 0 Å². The van der Waals surface area contributed by atoms with Gasteiger partial charge in [0.25, 0.3) is 0 Å². The zero-order valence-corrected chi connectivity index (χ0v) is 7.00. The Morgan fingerprint density at radius 3 is 2.38 bits per heavy atom. The maximum Gasteiger partial charge on any atom is 0.417 e. The van der Waals surface area contributed by atoms with Crippen LogP contribution in [0.4, 0.5) is 13.2 Å². The third-order valence-corrected chi connectivity index (χ3v) is 1.66. The second-order valence-corrected chi connectivity index (χ2v) is 2.75. The van der Waals surface area contributed by atoms with E-state index in [2.05, 4.69) is 0 Å². The zero-order valence-electron chi connectivity index (χ0n) is 6.24. The summed E-state index contributed by atoms with van der Waals surface area (Å²) < 4.78 is 36.7. The van der Waals surface area contributed by atoms with Crippen molar-refractivity contribution in [2.75, 3.05) is 0 Å². The van der Waals surface area contributed by atoms with Crippen molar-refractivity contribution in [3.63, 3.8) is 0 Å². The van der Waals surface area contributed by atoms with E-state index < -0.39 is 11.7 Å². The van der Waals surface area contributed by atoms with Gasteiger partial charge in [-0.25, -0.2) is 0 Å². The van der Waals surface area contributed by atoms with Crippen LogP contribution in [0.15, 0.2) is 18.2 Å². The quantitative estimate of drug-likeness (QED) is 0.568. The summed E-state index contributed by atoms with van der Waals surface area (Å²) in [7, 11) is 0. The molecule has 67 valence electrons. The Morgan fingerprint density at radius 2 is 1.92 bits per heavy atom. The van der Waals surface area contributed by atoms with Gasteiger partial charge in [-0.05, 0) is 24.6 Å². The lowest BCUT2D eigenvalue weighted by Gasteiger charge is -2.08. The third-order valence-electron chi connectivity index (χ3n) is 1.42. The van der Waals surface area contributed by atoms with E-state index in [1.165, 1.54) is 6.07 Å². The molecule has 0 atom stereocenters. The van der Waals surface area contributed by atoms with Gasteiger partial charge in [-0.2, -0.15) is 13.2 Å². The first kappa shape index (κ1) is 9.94. The number of halogens is 4. The van der Waals surface area contributed by atoms with Crippen LogP contribution in [0.25, 0.3) is 0 Å². The minimum Gasteiger partial charge on any atom is -0.166 e. The van der Waals surface area contributed by atoms with Gasteiger partial charge in [-0.15, -0.1) is 0 Å². The van der Waals surface area contributed by atoms with E-state index in [9.17, 15) is 13.2 Å². The minimum absolute atomic E-state index is 0.00803. The van der Waals surface area contributed by atoms with E-state index in [0.717, 1.165) is 12.1 Å². The standard InChI is InChI=1S/C9H3ClF3/c1-2-6-3-4-7(10)5-8(6)9(11,12)13/h3-5H. The molecule has 0 fully saturated rings. The summed E-state index contributed by atoms with van der Waals surface area (Å²) in [5, 5.41) is -0.00803. The molecule has 0 aliphatic rings. The predicted octanol–water partition coefficient (Wildman–Crippen LogP) is 3.30. The molecular formula is C9H3ClF3. The van der Waals surface area contributed by atoms with Gasteiger partial charge in [0, 0.05) is 10.6 Å². The Morgan fingerprint density at radius 1 is 1.31 bits per heavy atom. The van der Waals surface area contributed by atoms with Crippen LogP contribution in [0.3, 0.4) is 0 Å². The van der Waals surface area contributed by atoms with Gasteiger partial charge in [0.2, 0.25) is 0 Å². The third kappa shape index (κ3) is 2.16. The van der Waals surface area contributed by atoms with Crippen LogP contribution in [-0.2, 0) is 6.18 Å². The van der Waals surface area contributed by atoms with Gasteiger partial charge in [-0.1, -0.05) is 17.5 Å². The summed E-state index contributed by atoms with van der Waals surface area (Å²) in [6.45, 7) is 0. The Hall–Kier alpha value is -1.14. The number of benzene rings is 1. The summed E-state index contributed by atoms with van der Waals surface area (Å²) in [6, 6.07) is 3.17. The molecule has 0 saturated heterocycles. The van der Waals surface area contributed by atoms with Crippen molar-refractivity contribution in [2.45, 2.75) is 6.18 Å². The van der Waals surface area contributed by atoms with Crippen LogP contribution < -0.4 is 0 Å². The maximum absolute atomic E-state index is 12.2. The smallest absolute Gasteiger partial charge is 0.166 e. The maximum atomic E-state index is 12.2. The molecule has 0 nitrogen and oxygen atoms in total. The Bertz CT molecular complexity index is 360. The monoisotopic (exact) mass is 203 g/mol. The molecule has 0 amide bonds. The van der Waals surface area contributed by atoms with Crippen molar-refractivity contribution in [1.82, 2.24) is 0 Å². The molecule has 0 saturated carbocycles. The van der Waals surface area contributed by atoms with Gasteiger partial charge < -0.3 is 0 Å². The van der Waals surface area contributed by atoms with E-state index in [-0.39, 0.29) is 10.6 Å². The topological polar surface area (TPSA) is 0 Å². The highest BCUT2D eigenvalue weighted by Crippen LogP contribution is 2.33. The lowest BCUT2D eigenvalue weighted by Crippen LogP contribution is -2.07. The van der Waals surface area contributed by atoms with Crippen molar-refractivity contribution in [3.8, 4) is 5.92 Å². The zero-order chi connectivity index (χ0) is 10.1. The molecule has 0 heterocycles. The first-order valence-electron chi connectivity index (χ1n) is 3.24. The fourth-order valence-electron chi connectivity index (χ4n) is 0.860. The first-order valence-corrected chi connectivity index (χ1v) is 3.62. The Labute approximate surface area is 78.3 Å². The molecule has 0 bridgehead atoms. The summed E-state index contributed by atoms with van der Waals surface area (Å²) >= 11 is 5.39. The lowest BCUT2D eigenvalue weighted by molar-refractivity contribution is -0.137. The molecule has 0 N–H and O–H groups in total. The largest absolute Gasteiger partial charge is 0.417 e. The van der Waals surface area contributed by atoms with Gasteiger partial charge in [0.05, 0.1) is 5.56 Å². The van der Waals surface area contributed by atoms with Gasteiger partial charge in [0.15, 0.2) is 0 Å². The Kier molecular flexibility index (Phi) is 2.53. The highest BCUT2D eigenvalue weighted by Gasteiger charge is 2.33. The normalized spacial score (nSPS) is 11.0. The van der Waals surface area contributed by atoms with Crippen LogP contribution in [0.1, 0.15) is 11.1 Å². The van der Waals surface area contributed by atoms with Crippen molar-refractivity contribution < 1.29 is 13.2 Å². The molecular weight excluding hydrogens is 201 g/mol. The van der Waals surface area contributed by atoms with Crippen LogP contribution in [0, 0.1) is 12.3 Å². The first-order chi connectivity index (χ1) is 5.95. The molecule has 0 aliphatic heterocycles. The second-order valence-electron chi connectivity index (χ2n) is 2.31. The molecule has 1 aromatic carbocycles. The highest BCUT2D eigenvalue weighted by atomic mass is 35.5. The lowest BCUT2D eigenvalue weighted by atomic mass is 10.1. The van der Waals surface area contributed by atoms with Crippen molar-refractivity contribution >= 4 is 11.6 Å². The van der Waals surface area contributed by atoms with Crippen LogP contribution in [0.5, 0.6) is 0 Å². The summed E-state index contributed by atoms with van der Waals surface area (Å²) in [4.78, 5) is 0. The van der Waals surface area contributed by atoms with Crippen LogP contribution in [-0.4, -0.2) is 0 Å². The van der Waals surface area contributed by atoms with Crippen molar-refractivity contribution in [2.24, 2.45) is 0 Å². The predicted molar refractivity (Wildman–Crippen MR) is 42.7 cm³/mol. The van der Waals surface area contributed by atoms with Crippen molar-refractivity contribution in [3.05, 3.63) is 40.8 Å². The molecule has 1 radical (unpaired) electrons. The van der Waals surface area contributed by atoms with Gasteiger partial charge in [-0.3, -0.25) is 0 Å². The highest BCUT2D eigenvalue weighted by molar-refractivity contribution is 6.30. The fourth-order valence-corrected chi connectivity index (χ4v) is 1.03. The van der Waals surface area contributed by atoms with Gasteiger partial charge >= 0.3 is 6.18 Å². The number of rotatable bonds is 0. The summed E-state index contributed by atoms with van der Waals surface area (Å²) in [5.41, 5.74) is -1.24. The van der Waals surface area contributed by atoms with E-state index in [1.807, 2.05) is 0 Å². The van der Waals surface area contributed by atoms with Gasteiger partial charge in [0.1, 0.15) is 0 Å². The Balaban J connectivity index is 3.35. The molecule has 1 rings (SSSR count). The number of hydrogen-bond acceptors (Lipinski definition) is 0. The van der Waals surface area contributed by atoms with Crippen LogP contribution >= 0.6 is 11.6 Å². The molecule has 0 unspecified atom stereocenters. The molecule has 0 spiro atoms. The van der Waals surface area contributed by atoms with E-state index >= 15 is 0 Å². The van der Waals surface area contributed by atoms with E-state index in [1.54, 1.807) is 5.92 Å². The molecule has 0 aliphatic carbocycles. The molecule has 0 aromatic heterocycles. The van der Waals surface area contributed by atoms with Crippen LogP contribution in [0.2, 0.25) is 5.02 Å². The molecule has 4 heteroatoms. The fraction of sp³-hybridized carbons (Fsp3) is 0.111.